The second-order valence-corrected chi connectivity index (χ2v) is 6.62. The van der Waals surface area contributed by atoms with E-state index in [-0.39, 0.29) is 9.92 Å². The first-order valence-corrected chi connectivity index (χ1v) is 7.37. The van der Waals surface area contributed by atoms with E-state index in [1.165, 1.54) is 23.5 Å². The van der Waals surface area contributed by atoms with E-state index in [9.17, 15) is 13.5 Å². The molecule has 0 unspecified atom stereocenters. The number of β-amino-alcohol motifs (C(OH)–C–C–N with tert-alkyl or cyclic N) is 1. The Morgan fingerprint density at radius 2 is 2.06 bits per heavy atom. The molecule has 2 rings (SSSR count). The maximum absolute atomic E-state index is 12.4. The van der Waals surface area contributed by atoms with Gasteiger partial charge in [0.05, 0.1) is 17.2 Å². The van der Waals surface area contributed by atoms with Gasteiger partial charge in [-0.05, 0) is 12.1 Å². The van der Waals surface area contributed by atoms with E-state index in [2.05, 4.69) is 5.32 Å². The van der Waals surface area contributed by atoms with Gasteiger partial charge in [0.1, 0.15) is 4.90 Å². The van der Waals surface area contributed by atoms with Crippen molar-refractivity contribution < 1.29 is 13.5 Å². The normalized spacial score (nSPS) is 24.7. The summed E-state index contributed by atoms with van der Waals surface area (Å²) in [6.07, 6.45) is -0.702. The van der Waals surface area contributed by atoms with E-state index in [1.807, 2.05) is 0 Å². The van der Waals surface area contributed by atoms with Gasteiger partial charge in [-0.25, -0.2) is 8.42 Å². The molecule has 0 amide bonds. The van der Waals surface area contributed by atoms with Crippen molar-refractivity contribution in [1.82, 2.24) is 9.62 Å². The standard InChI is InChI=1S/C11H15ClN2O3S/c1-14(9-6-13-7-10(9)15)18(16,17)11-5-3-2-4-8(11)12/h2-5,9-10,13,15H,6-7H2,1H3/t9-,10-/m1/s1. The molecule has 1 heterocycles. The highest BCUT2D eigenvalue weighted by Gasteiger charge is 2.36. The Bertz CT molecular complexity index is 535. The summed E-state index contributed by atoms with van der Waals surface area (Å²) in [7, 11) is -2.23. The van der Waals surface area contributed by atoms with Gasteiger partial charge in [-0.2, -0.15) is 4.31 Å². The maximum Gasteiger partial charge on any atom is 0.244 e. The third-order valence-corrected chi connectivity index (χ3v) is 5.49. The molecule has 5 nitrogen and oxygen atoms in total. The third kappa shape index (κ3) is 2.39. The number of hydrogen-bond acceptors (Lipinski definition) is 4. The molecule has 1 aliphatic heterocycles. The number of aliphatic hydroxyl groups is 1. The molecule has 0 saturated carbocycles. The van der Waals surface area contributed by atoms with Crippen molar-refractivity contribution in [2.45, 2.75) is 17.0 Å². The number of hydrogen-bond donors (Lipinski definition) is 2. The summed E-state index contributed by atoms with van der Waals surface area (Å²) in [6, 6.07) is 5.82. The number of aliphatic hydroxyl groups excluding tert-OH is 1. The highest BCUT2D eigenvalue weighted by molar-refractivity contribution is 7.89. The Hall–Kier alpha value is -0.660. The van der Waals surface area contributed by atoms with Crippen LogP contribution in [0, 0.1) is 0 Å². The number of nitrogens with one attached hydrogen (secondary N) is 1. The van der Waals surface area contributed by atoms with Crippen LogP contribution in [0.5, 0.6) is 0 Å². The predicted molar refractivity (Wildman–Crippen MR) is 69.1 cm³/mol. The van der Waals surface area contributed by atoms with Crippen LogP contribution in [0.1, 0.15) is 0 Å². The molecule has 0 bridgehead atoms. The van der Waals surface area contributed by atoms with Crippen LogP contribution >= 0.6 is 11.6 Å². The van der Waals surface area contributed by atoms with Crippen molar-refractivity contribution in [1.29, 1.82) is 0 Å². The number of nitrogens with zero attached hydrogens (tertiary/aromatic N) is 1. The average molecular weight is 291 g/mol. The number of likely N-dealkylation sites (N-methyl/N-ethyl adjacent to an activating group) is 1. The minimum Gasteiger partial charge on any atom is -0.390 e. The predicted octanol–water partition coefficient (Wildman–Crippen LogP) is 0.293. The first-order valence-electron chi connectivity index (χ1n) is 5.56. The number of rotatable bonds is 3. The molecule has 2 N–H and O–H groups in total. The molecule has 0 spiro atoms. The number of benzene rings is 1. The van der Waals surface area contributed by atoms with E-state index >= 15 is 0 Å². The molecule has 1 aliphatic rings. The molecule has 1 fully saturated rings. The van der Waals surface area contributed by atoms with Gasteiger partial charge in [-0.3, -0.25) is 0 Å². The minimum absolute atomic E-state index is 0.0632. The van der Waals surface area contributed by atoms with Crippen molar-refractivity contribution in [3.05, 3.63) is 29.3 Å². The Labute approximate surface area is 111 Å². The van der Waals surface area contributed by atoms with Crippen LogP contribution in [0.2, 0.25) is 5.02 Å². The van der Waals surface area contributed by atoms with Crippen LogP contribution < -0.4 is 5.32 Å². The fourth-order valence-corrected chi connectivity index (χ4v) is 3.88. The quantitative estimate of drug-likeness (QED) is 0.840. The van der Waals surface area contributed by atoms with Gasteiger partial charge >= 0.3 is 0 Å². The van der Waals surface area contributed by atoms with Crippen LogP contribution in [0.25, 0.3) is 0 Å². The summed E-state index contributed by atoms with van der Waals surface area (Å²) in [6.45, 7) is 0.828. The smallest absolute Gasteiger partial charge is 0.244 e. The largest absolute Gasteiger partial charge is 0.390 e. The van der Waals surface area contributed by atoms with Crippen molar-refractivity contribution >= 4 is 21.6 Å². The minimum atomic E-state index is -3.68. The summed E-state index contributed by atoms with van der Waals surface area (Å²) in [5, 5.41) is 12.9. The molecule has 100 valence electrons. The molecule has 18 heavy (non-hydrogen) atoms. The van der Waals surface area contributed by atoms with E-state index in [0.29, 0.717) is 13.1 Å². The molecule has 1 aromatic rings. The van der Waals surface area contributed by atoms with Gasteiger partial charge in [0.15, 0.2) is 0 Å². The van der Waals surface area contributed by atoms with Gasteiger partial charge in [0.2, 0.25) is 10.0 Å². The van der Waals surface area contributed by atoms with Crippen LogP contribution in [-0.4, -0.2) is 50.1 Å². The lowest BCUT2D eigenvalue weighted by Gasteiger charge is -2.25. The summed E-state index contributed by atoms with van der Waals surface area (Å²) in [4.78, 5) is 0.0632. The average Bonchev–Trinajstić information content (AvgIpc) is 2.74. The second kappa shape index (κ2) is 5.14. The fraction of sp³-hybridized carbons (Fsp3) is 0.455. The topological polar surface area (TPSA) is 69.6 Å². The lowest BCUT2D eigenvalue weighted by Crippen LogP contribution is -2.44. The summed E-state index contributed by atoms with van der Waals surface area (Å²) in [5.74, 6) is 0. The van der Waals surface area contributed by atoms with E-state index in [4.69, 9.17) is 11.6 Å². The van der Waals surface area contributed by atoms with E-state index in [1.54, 1.807) is 12.1 Å². The van der Waals surface area contributed by atoms with E-state index in [0.717, 1.165) is 0 Å². The molecule has 0 radical (unpaired) electrons. The maximum atomic E-state index is 12.4. The second-order valence-electron chi connectivity index (χ2n) is 4.24. The zero-order chi connectivity index (χ0) is 13.3. The first-order chi connectivity index (χ1) is 8.44. The molecular formula is C11H15ClN2O3S. The molecule has 0 aromatic heterocycles. The molecule has 0 aliphatic carbocycles. The zero-order valence-corrected chi connectivity index (χ0v) is 11.4. The van der Waals surface area contributed by atoms with Crippen molar-refractivity contribution in [2.75, 3.05) is 20.1 Å². The Morgan fingerprint density at radius 1 is 1.39 bits per heavy atom. The van der Waals surface area contributed by atoms with Crippen molar-refractivity contribution in [3.63, 3.8) is 0 Å². The van der Waals surface area contributed by atoms with Crippen molar-refractivity contribution in [3.8, 4) is 0 Å². The van der Waals surface area contributed by atoms with Gasteiger partial charge < -0.3 is 10.4 Å². The lowest BCUT2D eigenvalue weighted by atomic mass is 10.2. The highest BCUT2D eigenvalue weighted by Crippen LogP contribution is 2.25. The molecule has 1 saturated heterocycles. The van der Waals surface area contributed by atoms with Gasteiger partial charge in [0.25, 0.3) is 0 Å². The van der Waals surface area contributed by atoms with Gasteiger partial charge in [-0.1, -0.05) is 23.7 Å². The monoisotopic (exact) mass is 290 g/mol. The Balaban J connectivity index is 2.34. The van der Waals surface area contributed by atoms with Crippen molar-refractivity contribution in [2.24, 2.45) is 0 Å². The van der Waals surface area contributed by atoms with Gasteiger partial charge in [0, 0.05) is 20.1 Å². The van der Waals surface area contributed by atoms with Crippen LogP contribution in [-0.2, 0) is 10.0 Å². The first kappa shape index (κ1) is 13.8. The highest BCUT2D eigenvalue weighted by atomic mass is 35.5. The summed E-state index contributed by atoms with van der Waals surface area (Å²) in [5.41, 5.74) is 0. The van der Waals surface area contributed by atoms with Crippen LogP contribution in [0.15, 0.2) is 29.2 Å². The SMILES string of the molecule is CN([C@@H]1CNC[C@H]1O)S(=O)(=O)c1ccccc1Cl. The van der Waals surface area contributed by atoms with Crippen LogP contribution in [0.4, 0.5) is 0 Å². The molecule has 2 atom stereocenters. The van der Waals surface area contributed by atoms with Gasteiger partial charge in [-0.15, -0.1) is 0 Å². The number of sulfonamides is 1. The molecule has 1 aromatic carbocycles. The summed E-state index contributed by atoms with van der Waals surface area (Å²) >= 11 is 5.91. The molecular weight excluding hydrogens is 276 g/mol. The van der Waals surface area contributed by atoms with Crippen LogP contribution in [0.3, 0.4) is 0 Å². The Kier molecular flexibility index (Phi) is 3.93. The lowest BCUT2D eigenvalue weighted by molar-refractivity contribution is 0.136. The molecule has 7 heteroatoms. The number of halogens is 1. The fourth-order valence-electron chi connectivity index (χ4n) is 2.01. The summed E-state index contributed by atoms with van der Waals surface area (Å²) < 4.78 is 26.0. The Morgan fingerprint density at radius 3 is 2.61 bits per heavy atom. The third-order valence-electron chi connectivity index (χ3n) is 3.11. The zero-order valence-electron chi connectivity index (χ0n) is 9.88. The van der Waals surface area contributed by atoms with E-state index < -0.39 is 22.2 Å².